The van der Waals surface area contributed by atoms with Crippen molar-refractivity contribution in [2.45, 2.75) is 19.8 Å². The number of nitrogens with two attached hydrogens (primary N) is 1. The summed E-state index contributed by atoms with van der Waals surface area (Å²) >= 11 is 0. The SMILES string of the molecule is CC(C)c1ccc(N)c([N+](=O)[O-])n1. The first-order chi connectivity index (χ1) is 6.02. The highest BCUT2D eigenvalue weighted by molar-refractivity contribution is 5.53. The van der Waals surface area contributed by atoms with Crippen LogP contribution in [0.5, 0.6) is 0 Å². The van der Waals surface area contributed by atoms with Crippen LogP contribution in [0.1, 0.15) is 25.5 Å². The minimum Gasteiger partial charge on any atom is -0.392 e. The van der Waals surface area contributed by atoms with Gasteiger partial charge in [0, 0.05) is 5.92 Å². The fourth-order valence-corrected chi connectivity index (χ4v) is 0.942. The van der Waals surface area contributed by atoms with E-state index < -0.39 is 4.92 Å². The third-order valence-electron chi connectivity index (χ3n) is 1.69. The number of nitro groups is 1. The van der Waals surface area contributed by atoms with Crippen molar-refractivity contribution in [2.75, 3.05) is 5.73 Å². The summed E-state index contributed by atoms with van der Waals surface area (Å²) < 4.78 is 0. The largest absolute Gasteiger partial charge is 0.392 e. The smallest absolute Gasteiger partial charge is 0.386 e. The standard InChI is InChI=1S/C8H11N3O2/c1-5(2)7-4-3-6(9)8(10-7)11(12)13/h3-5H,9H2,1-2H3. The maximum absolute atomic E-state index is 10.5. The van der Waals surface area contributed by atoms with Crippen LogP contribution in [-0.4, -0.2) is 9.91 Å². The van der Waals surface area contributed by atoms with Crippen molar-refractivity contribution in [3.8, 4) is 0 Å². The number of aromatic nitrogens is 1. The van der Waals surface area contributed by atoms with Crippen LogP contribution in [0.15, 0.2) is 12.1 Å². The molecule has 5 nitrogen and oxygen atoms in total. The monoisotopic (exact) mass is 181 g/mol. The molecule has 0 atom stereocenters. The van der Waals surface area contributed by atoms with E-state index in [9.17, 15) is 10.1 Å². The molecule has 70 valence electrons. The lowest BCUT2D eigenvalue weighted by atomic mass is 10.1. The van der Waals surface area contributed by atoms with Crippen molar-refractivity contribution in [1.29, 1.82) is 0 Å². The van der Waals surface area contributed by atoms with Crippen LogP contribution in [0, 0.1) is 10.1 Å². The summed E-state index contributed by atoms with van der Waals surface area (Å²) in [6.45, 7) is 3.84. The first-order valence-electron chi connectivity index (χ1n) is 3.93. The topological polar surface area (TPSA) is 82.0 Å². The Morgan fingerprint density at radius 2 is 2.15 bits per heavy atom. The molecule has 1 heterocycles. The Morgan fingerprint density at radius 3 is 2.62 bits per heavy atom. The molecule has 0 aliphatic rings. The van der Waals surface area contributed by atoms with Gasteiger partial charge in [0.1, 0.15) is 5.69 Å². The van der Waals surface area contributed by atoms with E-state index in [-0.39, 0.29) is 17.4 Å². The predicted octanol–water partition coefficient (Wildman–Crippen LogP) is 1.70. The number of nitrogens with zero attached hydrogens (tertiary/aromatic N) is 2. The molecule has 0 unspecified atom stereocenters. The lowest BCUT2D eigenvalue weighted by molar-refractivity contribution is -0.388. The van der Waals surface area contributed by atoms with Crippen molar-refractivity contribution < 1.29 is 4.92 Å². The molecule has 0 radical (unpaired) electrons. The van der Waals surface area contributed by atoms with Gasteiger partial charge >= 0.3 is 5.82 Å². The Kier molecular flexibility index (Phi) is 2.46. The van der Waals surface area contributed by atoms with Crippen molar-refractivity contribution in [3.05, 3.63) is 27.9 Å². The highest BCUT2D eigenvalue weighted by Crippen LogP contribution is 2.21. The number of nitrogen functional groups attached to an aromatic ring is 1. The molecule has 1 aromatic rings. The van der Waals surface area contributed by atoms with Gasteiger partial charge in [-0.15, -0.1) is 0 Å². The van der Waals surface area contributed by atoms with Gasteiger partial charge in [0.2, 0.25) is 0 Å². The Labute approximate surface area is 75.7 Å². The highest BCUT2D eigenvalue weighted by Gasteiger charge is 2.16. The molecule has 0 amide bonds. The quantitative estimate of drug-likeness (QED) is 0.556. The maximum atomic E-state index is 10.5. The number of hydrogen-bond acceptors (Lipinski definition) is 4. The normalized spacial score (nSPS) is 10.4. The Hall–Kier alpha value is -1.65. The second-order valence-corrected chi connectivity index (χ2v) is 3.06. The van der Waals surface area contributed by atoms with Crippen LogP contribution in [0.25, 0.3) is 0 Å². The molecule has 0 saturated carbocycles. The second kappa shape index (κ2) is 3.38. The first kappa shape index (κ1) is 9.44. The molecule has 0 aromatic carbocycles. The van der Waals surface area contributed by atoms with Gasteiger partial charge in [-0.3, -0.25) is 0 Å². The van der Waals surface area contributed by atoms with Crippen LogP contribution in [-0.2, 0) is 0 Å². The molecule has 0 spiro atoms. The Morgan fingerprint density at radius 1 is 1.54 bits per heavy atom. The number of rotatable bonds is 2. The minimum atomic E-state index is -0.568. The van der Waals surface area contributed by atoms with Gasteiger partial charge in [0.05, 0.1) is 0 Å². The summed E-state index contributed by atoms with van der Waals surface area (Å²) in [4.78, 5) is 13.7. The molecule has 1 rings (SSSR count). The fourth-order valence-electron chi connectivity index (χ4n) is 0.942. The third kappa shape index (κ3) is 1.93. The van der Waals surface area contributed by atoms with Gasteiger partial charge in [-0.2, -0.15) is 0 Å². The van der Waals surface area contributed by atoms with Gasteiger partial charge in [0.25, 0.3) is 0 Å². The van der Waals surface area contributed by atoms with E-state index >= 15 is 0 Å². The van der Waals surface area contributed by atoms with Gasteiger partial charge in [-0.25, -0.2) is 0 Å². The number of hydrogen-bond donors (Lipinski definition) is 1. The second-order valence-electron chi connectivity index (χ2n) is 3.06. The Balaban J connectivity index is 3.19. The van der Waals surface area contributed by atoms with E-state index in [4.69, 9.17) is 5.73 Å². The van der Waals surface area contributed by atoms with E-state index in [2.05, 4.69) is 4.98 Å². The molecule has 0 fully saturated rings. The van der Waals surface area contributed by atoms with Gasteiger partial charge in [-0.1, -0.05) is 13.8 Å². The zero-order chi connectivity index (χ0) is 10.0. The van der Waals surface area contributed by atoms with Crippen LogP contribution in [0.3, 0.4) is 0 Å². The van der Waals surface area contributed by atoms with Gasteiger partial charge < -0.3 is 15.8 Å². The predicted molar refractivity (Wildman–Crippen MR) is 49.4 cm³/mol. The molecule has 1 aromatic heterocycles. The summed E-state index contributed by atoms with van der Waals surface area (Å²) in [5.74, 6) is -0.0921. The van der Waals surface area contributed by atoms with Crippen LogP contribution in [0.4, 0.5) is 11.5 Å². The molecule has 0 saturated heterocycles. The molecular weight excluding hydrogens is 170 g/mol. The molecule has 13 heavy (non-hydrogen) atoms. The van der Waals surface area contributed by atoms with E-state index in [0.29, 0.717) is 5.69 Å². The summed E-state index contributed by atoms with van der Waals surface area (Å²) in [6, 6.07) is 3.22. The van der Waals surface area contributed by atoms with Crippen LogP contribution >= 0.6 is 0 Å². The Bertz CT molecular complexity index is 336. The van der Waals surface area contributed by atoms with E-state index in [1.807, 2.05) is 13.8 Å². The molecule has 0 bridgehead atoms. The summed E-state index contributed by atoms with van der Waals surface area (Å²) in [7, 11) is 0. The summed E-state index contributed by atoms with van der Waals surface area (Å²) in [5, 5.41) is 10.5. The fraction of sp³-hybridized carbons (Fsp3) is 0.375. The van der Waals surface area contributed by atoms with Gasteiger partial charge in [-0.05, 0) is 22.0 Å². The lowest BCUT2D eigenvalue weighted by Crippen LogP contribution is -2.02. The average Bonchev–Trinajstić information content (AvgIpc) is 2.04. The highest BCUT2D eigenvalue weighted by atomic mass is 16.6. The van der Waals surface area contributed by atoms with E-state index in [1.54, 1.807) is 6.07 Å². The zero-order valence-corrected chi connectivity index (χ0v) is 7.52. The average molecular weight is 181 g/mol. The van der Waals surface area contributed by atoms with Gasteiger partial charge in [0.15, 0.2) is 5.69 Å². The summed E-state index contributed by atoms with van der Waals surface area (Å²) in [5.41, 5.74) is 6.17. The number of pyridine rings is 1. The van der Waals surface area contributed by atoms with E-state index in [1.165, 1.54) is 6.07 Å². The molecule has 0 aliphatic heterocycles. The third-order valence-corrected chi connectivity index (χ3v) is 1.69. The maximum Gasteiger partial charge on any atom is 0.386 e. The van der Waals surface area contributed by atoms with Crippen molar-refractivity contribution >= 4 is 11.5 Å². The summed E-state index contributed by atoms with van der Waals surface area (Å²) in [6.07, 6.45) is 0. The van der Waals surface area contributed by atoms with Crippen molar-refractivity contribution in [2.24, 2.45) is 0 Å². The molecular formula is C8H11N3O2. The number of anilines is 1. The lowest BCUT2D eigenvalue weighted by Gasteiger charge is -2.01. The first-order valence-corrected chi connectivity index (χ1v) is 3.93. The van der Waals surface area contributed by atoms with Crippen LogP contribution < -0.4 is 5.73 Å². The molecule has 0 aliphatic carbocycles. The van der Waals surface area contributed by atoms with Crippen LogP contribution in [0.2, 0.25) is 0 Å². The van der Waals surface area contributed by atoms with E-state index in [0.717, 1.165) is 0 Å². The van der Waals surface area contributed by atoms with Crippen molar-refractivity contribution in [3.63, 3.8) is 0 Å². The van der Waals surface area contributed by atoms with Crippen molar-refractivity contribution in [1.82, 2.24) is 4.98 Å². The minimum absolute atomic E-state index is 0.106. The molecule has 2 N–H and O–H groups in total. The molecule has 5 heteroatoms. The zero-order valence-electron chi connectivity index (χ0n) is 7.52.